The van der Waals surface area contributed by atoms with Gasteiger partial charge in [-0.25, -0.2) is 26.3 Å². The molecule has 0 bridgehead atoms. The second kappa shape index (κ2) is 12.4. The molecule has 14 heteroatoms. The number of hydrogen-bond acceptors (Lipinski definition) is 8. The lowest BCUT2D eigenvalue weighted by atomic mass is 9.96. The van der Waals surface area contributed by atoms with Crippen molar-refractivity contribution in [1.82, 2.24) is 9.44 Å². The van der Waals surface area contributed by atoms with Crippen molar-refractivity contribution < 1.29 is 36.0 Å². The van der Waals surface area contributed by atoms with Gasteiger partial charge in [-0.15, -0.1) is 0 Å². The Balaban J connectivity index is 1.55. The van der Waals surface area contributed by atoms with Gasteiger partial charge in [0.2, 0.25) is 6.29 Å². The molecular formula is C28H17BrClN2O8S2. The van der Waals surface area contributed by atoms with Gasteiger partial charge in [0.15, 0.2) is 5.78 Å². The summed E-state index contributed by atoms with van der Waals surface area (Å²) in [4.78, 5) is 49.6. The second-order valence-electron chi connectivity index (χ2n) is 8.52. The zero-order valence-corrected chi connectivity index (χ0v) is 25.0. The van der Waals surface area contributed by atoms with Gasteiger partial charge in [-0.3, -0.25) is 19.2 Å². The summed E-state index contributed by atoms with van der Waals surface area (Å²) in [5.41, 5.74) is -0.788. The van der Waals surface area contributed by atoms with Crippen molar-refractivity contribution >= 4 is 71.5 Å². The Morgan fingerprint density at radius 1 is 0.690 bits per heavy atom. The van der Waals surface area contributed by atoms with E-state index in [0.717, 1.165) is 18.2 Å². The molecule has 0 atom stereocenters. The van der Waals surface area contributed by atoms with Crippen molar-refractivity contribution in [3.8, 4) is 0 Å². The van der Waals surface area contributed by atoms with E-state index in [0.29, 0.717) is 4.47 Å². The fraction of sp³-hybridized carbons (Fsp3) is 0. The fourth-order valence-corrected chi connectivity index (χ4v) is 6.38. The van der Waals surface area contributed by atoms with Crippen LogP contribution in [0.15, 0.2) is 105 Å². The van der Waals surface area contributed by atoms with E-state index in [4.69, 9.17) is 11.6 Å². The molecule has 4 aromatic carbocycles. The van der Waals surface area contributed by atoms with Crippen molar-refractivity contribution in [2.45, 2.75) is 9.79 Å². The molecule has 42 heavy (non-hydrogen) atoms. The molecule has 0 unspecified atom stereocenters. The standard InChI is InChI=1S/C28H17BrClN2O8S2/c29-21-11-13-22(14-12-21)41(37,38)31-28(36)19-9-10-20(16-33)23(15-19)26(34)17-5-7-18(8-6-17)27(35)32-42(39,40)25-4-2-1-3-24(25)30/h1-15H,(H,31,36)(H,32,35). The lowest BCUT2D eigenvalue weighted by molar-refractivity contribution is 0.0971. The van der Waals surface area contributed by atoms with E-state index in [-0.39, 0.29) is 42.6 Å². The molecule has 0 aliphatic carbocycles. The van der Waals surface area contributed by atoms with Crippen molar-refractivity contribution in [2.24, 2.45) is 0 Å². The number of benzene rings is 4. The molecule has 0 heterocycles. The van der Waals surface area contributed by atoms with Crippen LogP contribution in [0.25, 0.3) is 0 Å². The largest absolute Gasteiger partial charge is 0.289 e. The summed E-state index contributed by atoms with van der Waals surface area (Å²) in [5, 5.41) is -0.0802. The van der Waals surface area contributed by atoms with Gasteiger partial charge < -0.3 is 0 Å². The van der Waals surface area contributed by atoms with Crippen molar-refractivity contribution in [1.29, 1.82) is 0 Å². The summed E-state index contributed by atoms with van der Waals surface area (Å²) in [6.07, 6.45) is 1.60. The third-order valence-corrected chi connectivity index (χ3v) is 9.46. The highest BCUT2D eigenvalue weighted by Crippen LogP contribution is 2.21. The van der Waals surface area contributed by atoms with Crippen LogP contribution in [-0.4, -0.2) is 40.7 Å². The lowest BCUT2D eigenvalue weighted by Crippen LogP contribution is -2.31. The predicted octanol–water partition coefficient (Wildman–Crippen LogP) is 4.03. The van der Waals surface area contributed by atoms with E-state index >= 15 is 0 Å². The molecule has 4 aromatic rings. The summed E-state index contributed by atoms with van der Waals surface area (Å²) in [7, 11) is -8.53. The summed E-state index contributed by atoms with van der Waals surface area (Å²) in [6.45, 7) is 0. The van der Waals surface area contributed by atoms with E-state index in [1.54, 1.807) is 6.29 Å². The molecule has 2 N–H and O–H groups in total. The molecule has 4 rings (SSSR count). The Hall–Kier alpha value is -4.17. The van der Waals surface area contributed by atoms with E-state index in [2.05, 4.69) is 15.9 Å². The summed E-state index contributed by atoms with van der Waals surface area (Å²) in [5.74, 6) is -2.77. The first-order chi connectivity index (χ1) is 19.8. The topological polar surface area (TPSA) is 161 Å². The maximum atomic E-state index is 13.2. The molecule has 2 amide bonds. The van der Waals surface area contributed by atoms with Crippen LogP contribution in [0.1, 0.15) is 42.2 Å². The van der Waals surface area contributed by atoms with E-state index < -0.39 is 37.6 Å². The quantitative estimate of drug-likeness (QED) is 0.249. The molecule has 0 spiro atoms. The minimum Gasteiger partial charge on any atom is -0.289 e. The SMILES string of the molecule is O=[C]c1ccc(C(=O)NS(=O)(=O)c2ccc(Br)cc2)cc1C(=O)c1ccc(C(=O)NS(=O)(=O)c2ccccc2Cl)cc1. The number of hydrogen-bond donors (Lipinski definition) is 2. The normalized spacial score (nSPS) is 11.4. The molecule has 0 aliphatic heterocycles. The van der Waals surface area contributed by atoms with Gasteiger partial charge in [-0.1, -0.05) is 51.8 Å². The van der Waals surface area contributed by atoms with Crippen molar-refractivity contribution in [3.05, 3.63) is 128 Å². The van der Waals surface area contributed by atoms with Crippen LogP contribution in [0.5, 0.6) is 0 Å². The zero-order valence-electron chi connectivity index (χ0n) is 21.0. The molecule has 1 radical (unpaired) electrons. The third-order valence-electron chi connectivity index (χ3n) is 5.75. The predicted molar refractivity (Wildman–Crippen MR) is 156 cm³/mol. The number of nitrogens with one attached hydrogen (secondary N) is 2. The Morgan fingerprint density at radius 2 is 1.24 bits per heavy atom. The highest BCUT2D eigenvalue weighted by atomic mass is 79.9. The summed E-state index contributed by atoms with van der Waals surface area (Å²) >= 11 is 9.11. The highest BCUT2D eigenvalue weighted by Gasteiger charge is 2.23. The van der Waals surface area contributed by atoms with E-state index in [1.165, 1.54) is 72.8 Å². The van der Waals surface area contributed by atoms with Crippen LogP contribution in [0, 0.1) is 0 Å². The molecular weight excluding hydrogens is 672 g/mol. The Morgan fingerprint density at radius 3 is 1.86 bits per heavy atom. The van der Waals surface area contributed by atoms with Crippen molar-refractivity contribution in [2.75, 3.05) is 0 Å². The summed E-state index contributed by atoms with van der Waals surface area (Å²) in [6, 6.07) is 19.3. The smallest absolute Gasteiger partial charge is 0.265 e. The monoisotopic (exact) mass is 687 g/mol. The number of sulfonamides is 2. The molecule has 10 nitrogen and oxygen atoms in total. The molecule has 0 saturated heterocycles. The molecule has 0 aliphatic rings. The van der Waals surface area contributed by atoms with Gasteiger partial charge in [0.05, 0.1) is 9.92 Å². The van der Waals surface area contributed by atoms with Crippen LogP contribution in [0.3, 0.4) is 0 Å². The Kier molecular flexibility index (Phi) is 9.06. The lowest BCUT2D eigenvalue weighted by Gasteiger charge is -2.10. The number of halogens is 2. The van der Waals surface area contributed by atoms with E-state index in [1.807, 2.05) is 9.44 Å². The van der Waals surface area contributed by atoms with Crippen LogP contribution in [-0.2, 0) is 24.8 Å². The highest BCUT2D eigenvalue weighted by molar-refractivity contribution is 9.10. The van der Waals surface area contributed by atoms with Gasteiger partial charge in [-0.05, 0) is 66.7 Å². The number of ketones is 1. The fourth-order valence-electron chi connectivity index (χ4n) is 3.64. The molecule has 213 valence electrons. The third kappa shape index (κ3) is 6.82. The van der Waals surface area contributed by atoms with Gasteiger partial charge in [0.25, 0.3) is 31.9 Å². The summed E-state index contributed by atoms with van der Waals surface area (Å²) < 4.78 is 54.8. The minimum atomic E-state index is -4.29. The maximum absolute atomic E-state index is 13.2. The molecule has 0 fully saturated rings. The number of carbonyl (C=O) groups excluding carboxylic acids is 4. The van der Waals surface area contributed by atoms with Gasteiger partial charge in [-0.2, -0.15) is 0 Å². The zero-order chi connectivity index (χ0) is 30.7. The van der Waals surface area contributed by atoms with Crippen LogP contribution in [0.4, 0.5) is 0 Å². The average Bonchev–Trinajstić information content (AvgIpc) is 2.96. The first kappa shape index (κ1) is 30.8. The van der Waals surface area contributed by atoms with Crippen molar-refractivity contribution in [3.63, 3.8) is 0 Å². The number of rotatable bonds is 9. The number of amides is 2. The average molecular weight is 689 g/mol. The van der Waals surface area contributed by atoms with Crippen LogP contribution < -0.4 is 9.44 Å². The first-order valence-electron chi connectivity index (χ1n) is 11.6. The Labute approximate surface area is 254 Å². The Bertz CT molecular complexity index is 1940. The molecule has 0 aromatic heterocycles. The second-order valence-corrected chi connectivity index (χ2v) is 13.2. The maximum Gasteiger partial charge on any atom is 0.265 e. The van der Waals surface area contributed by atoms with Gasteiger partial charge in [0.1, 0.15) is 4.90 Å². The van der Waals surface area contributed by atoms with Crippen LogP contribution >= 0.6 is 27.5 Å². The number of carbonyl (C=O) groups is 3. The minimum absolute atomic E-state index is 0.0166. The molecule has 0 saturated carbocycles. The van der Waals surface area contributed by atoms with Gasteiger partial charge >= 0.3 is 0 Å². The van der Waals surface area contributed by atoms with Crippen LogP contribution in [0.2, 0.25) is 5.02 Å². The van der Waals surface area contributed by atoms with Gasteiger partial charge in [0, 0.05) is 32.3 Å². The first-order valence-corrected chi connectivity index (χ1v) is 15.8. The van der Waals surface area contributed by atoms with E-state index in [9.17, 15) is 36.0 Å².